The van der Waals surface area contributed by atoms with Crippen molar-refractivity contribution in [1.82, 2.24) is 26.1 Å². The van der Waals surface area contributed by atoms with E-state index in [0.717, 1.165) is 19.3 Å². The molecule has 0 aromatic heterocycles. The number of nitrogens with one attached hydrogen (secondary N) is 4. The first-order chi connectivity index (χ1) is 16.7. The summed E-state index contributed by atoms with van der Waals surface area (Å²) in [6.07, 6.45) is 2.02. The van der Waals surface area contributed by atoms with Gasteiger partial charge in [0.2, 0.25) is 17.7 Å². The lowest BCUT2D eigenvalue weighted by atomic mass is 9.79. The highest BCUT2D eigenvalue weighted by Crippen LogP contribution is 2.64. The van der Waals surface area contributed by atoms with Crippen molar-refractivity contribution >= 4 is 31.7 Å². The van der Waals surface area contributed by atoms with E-state index in [1.807, 2.05) is 20.8 Å². The van der Waals surface area contributed by atoms with E-state index >= 15 is 0 Å². The zero-order valence-corrected chi connectivity index (χ0v) is 22.4. The van der Waals surface area contributed by atoms with Gasteiger partial charge in [0, 0.05) is 18.6 Å². The summed E-state index contributed by atoms with van der Waals surface area (Å²) in [5, 5.41) is 21.8. The number of carbonyl (C=O) groups is 4. The van der Waals surface area contributed by atoms with E-state index in [9.17, 15) is 24.3 Å². The molecule has 2 saturated carbocycles. The molecule has 7 N–H and O–H groups in total. The van der Waals surface area contributed by atoms with Crippen LogP contribution in [0.5, 0.6) is 0 Å². The van der Waals surface area contributed by atoms with Gasteiger partial charge in [0.25, 0.3) is 0 Å². The summed E-state index contributed by atoms with van der Waals surface area (Å²) < 4.78 is 0. The normalized spacial score (nSPS) is 27.2. The van der Waals surface area contributed by atoms with E-state index in [2.05, 4.69) is 35.0 Å². The Balaban J connectivity index is 1.77. The highest BCUT2D eigenvalue weighted by molar-refractivity contribution is 6.04. The fraction of sp³-hybridized carbons (Fsp3) is 0.833. The number of nitrogens with zero attached hydrogens (tertiary/aromatic N) is 1. The summed E-state index contributed by atoms with van der Waals surface area (Å²) in [5.41, 5.74) is 4.77. The van der Waals surface area contributed by atoms with Crippen LogP contribution in [0.2, 0.25) is 0 Å². The Labute approximate surface area is 214 Å². The summed E-state index contributed by atoms with van der Waals surface area (Å²) in [6.45, 7) is 10.3. The average Bonchev–Trinajstić information content (AvgIpc) is 3.07. The molecule has 3 rings (SSSR count). The summed E-state index contributed by atoms with van der Waals surface area (Å²) in [4.78, 5) is 53.0. The van der Waals surface area contributed by atoms with Crippen molar-refractivity contribution in [2.75, 3.05) is 13.1 Å². The molecular formula is C24H43BN6O5. The average molecular weight is 506 g/mol. The SMILES string of the molecule is BNC[C@H](NC(=O)NC(C)(C)C)C(=O)N1CC2C(C1C(=O)NC(CC1CCC1)C(O)C(N)=O)C2(C)C. The van der Waals surface area contributed by atoms with E-state index in [1.165, 1.54) is 0 Å². The summed E-state index contributed by atoms with van der Waals surface area (Å²) in [7, 11) is 1.69. The zero-order valence-electron chi connectivity index (χ0n) is 22.4. The third kappa shape index (κ3) is 6.14. The number of hydrogen-bond acceptors (Lipinski definition) is 6. The number of amides is 5. The van der Waals surface area contributed by atoms with E-state index in [1.54, 1.807) is 12.9 Å². The van der Waals surface area contributed by atoms with Crippen molar-refractivity contribution in [3.05, 3.63) is 0 Å². The first kappa shape index (κ1) is 28.2. The molecule has 1 heterocycles. The van der Waals surface area contributed by atoms with Crippen LogP contribution < -0.4 is 26.9 Å². The molecular weight excluding hydrogens is 463 g/mol. The molecule has 12 heteroatoms. The maximum absolute atomic E-state index is 13.6. The fourth-order valence-corrected chi connectivity index (χ4v) is 5.77. The number of hydrogen-bond donors (Lipinski definition) is 6. The minimum Gasteiger partial charge on any atom is -0.381 e. The van der Waals surface area contributed by atoms with Crippen molar-refractivity contribution in [2.24, 2.45) is 28.9 Å². The Morgan fingerprint density at radius 1 is 1.17 bits per heavy atom. The van der Waals surface area contributed by atoms with Gasteiger partial charge in [-0.1, -0.05) is 33.1 Å². The van der Waals surface area contributed by atoms with Gasteiger partial charge in [0.15, 0.2) is 14.1 Å². The minimum atomic E-state index is -1.50. The molecule has 1 saturated heterocycles. The zero-order chi connectivity index (χ0) is 27.0. The number of aliphatic hydroxyl groups is 1. The van der Waals surface area contributed by atoms with Crippen LogP contribution in [0.15, 0.2) is 0 Å². The van der Waals surface area contributed by atoms with Gasteiger partial charge in [0.05, 0.1) is 6.04 Å². The van der Waals surface area contributed by atoms with Crippen molar-refractivity contribution in [1.29, 1.82) is 0 Å². The lowest BCUT2D eigenvalue weighted by Crippen LogP contribution is -2.61. The van der Waals surface area contributed by atoms with Crippen LogP contribution in [0.1, 0.15) is 60.3 Å². The number of aliphatic hydroxyl groups excluding tert-OH is 1. The molecule has 0 radical (unpaired) electrons. The number of rotatable bonds is 10. The molecule has 2 aliphatic carbocycles. The minimum absolute atomic E-state index is 0.0461. The number of piperidine rings is 1. The Bertz CT molecular complexity index is 874. The van der Waals surface area contributed by atoms with Gasteiger partial charge >= 0.3 is 6.03 Å². The predicted octanol–water partition coefficient (Wildman–Crippen LogP) is -1.41. The summed E-state index contributed by atoms with van der Waals surface area (Å²) in [5.74, 6) is -1.19. The van der Waals surface area contributed by atoms with E-state index in [0.29, 0.717) is 18.9 Å². The number of likely N-dealkylation sites (tertiary alicyclic amines) is 1. The number of urea groups is 1. The molecule has 5 unspecified atom stereocenters. The van der Waals surface area contributed by atoms with E-state index < -0.39 is 47.6 Å². The van der Waals surface area contributed by atoms with Gasteiger partial charge in [-0.3, -0.25) is 14.4 Å². The van der Waals surface area contributed by atoms with E-state index in [-0.39, 0.29) is 29.7 Å². The number of carbonyl (C=O) groups excluding carboxylic acids is 4. The quantitative estimate of drug-likeness (QED) is 0.199. The predicted molar refractivity (Wildman–Crippen MR) is 137 cm³/mol. The highest BCUT2D eigenvalue weighted by atomic mass is 16.3. The van der Waals surface area contributed by atoms with Crippen molar-refractivity contribution in [2.45, 2.75) is 90.1 Å². The van der Waals surface area contributed by atoms with Crippen LogP contribution in [0.25, 0.3) is 0 Å². The van der Waals surface area contributed by atoms with Gasteiger partial charge in [-0.15, -0.1) is 0 Å². The Morgan fingerprint density at radius 2 is 1.81 bits per heavy atom. The van der Waals surface area contributed by atoms with Crippen LogP contribution >= 0.6 is 0 Å². The van der Waals surface area contributed by atoms with Gasteiger partial charge < -0.3 is 36.9 Å². The first-order valence-electron chi connectivity index (χ1n) is 13.0. The third-order valence-corrected chi connectivity index (χ3v) is 8.07. The van der Waals surface area contributed by atoms with Crippen molar-refractivity contribution in [3.8, 4) is 0 Å². The summed E-state index contributed by atoms with van der Waals surface area (Å²) in [6, 6.07) is -2.89. The standard InChI is InChI=1S/C24H43BN6O5/c1-23(2,3)30-22(36)29-15(10-27-25)21(35)31-11-13-16(24(13,4)5)17(31)20(34)28-14(18(32)19(26)33)9-12-7-6-8-12/h12-18,27,32H,6-11,25H2,1-5H3,(H2,26,33)(H,28,34)(H2,29,30,36)/t13?,14?,15-,16?,17?,18?/m0/s1. The van der Waals surface area contributed by atoms with Crippen LogP contribution in [-0.4, -0.2) is 84.6 Å². The number of nitrogens with two attached hydrogens (primary N) is 1. The molecule has 6 atom stereocenters. The Hall–Kier alpha value is -2.34. The second-order valence-electron chi connectivity index (χ2n) is 12.3. The van der Waals surface area contributed by atoms with E-state index in [4.69, 9.17) is 5.73 Å². The van der Waals surface area contributed by atoms with Gasteiger partial charge in [-0.05, 0) is 50.4 Å². The second kappa shape index (κ2) is 10.6. The maximum Gasteiger partial charge on any atom is 0.315 e. The van der Waals surface area contributed by atoms with Gasteiger partial charge in [0.1, 0.15) is 12.1 Å². The molecule has 0 spiro atoms. The Kier molecular flexibility index (Phi) is 8.29. The molecule has 0 aromatic carbocycles. The molecule has 202 valence electrons. The van der Waals surface area contributed by atoms with Gasteiger partial charge in [-0.2, -0.15) is 0 Å². The lowest BCUT2D eigenvalue weighted by molar-refractivity contribution is -0.143. The molecule has 3 aliphatic rings. The fourth-order valence-electron chi connectivity index (χ4n) is 5.77. The molecule has 0 bridgehead atoms. The second-order valence-corrected chi connectivity index (χ2v) is 12.3. The van der Waals surface area contributed by atoms with Gasteiger partial charge in [-0.25, -0.2) is 4.79 Å². The molecule has 1 aliphatic heterocycles. The third-order valence-electron chi connectivity index (χ3n) is 8.07. The van der Waals surface area contributed by atoms with Crippen LogP contribution in [-0.2, 0) is 14.4 Å². The Morgan fingerprint density at radius 3 is 2.31 bits per heavy atom. The molecule has 0 aromatic rings. The molecule has 36 heavy (non-hydrogen) atoms. The topological polar surface area (TPSA) is 166 Å². The number of primary amides is 1. The summed E-state index contributed by atoms with van der Waals surface area (Å²) >= 11 is 0. The molecule has 5 amide bonds. The first-order valence-corrected chi connectivity index (χ1v) is 13.0. The molecule has 11 nitrogen and oxygen atoms in total. The van der Waals surface area contributed by atoms with Crippen molar-refractivity contribution < 1.29 is 24.3 Å². The largest absolute Gasteiger partial charge is 0.381 e. The smallest absolute Gasteiger partial charge is 0.315 e. The molecule has 3 fully saturated rings. The lowest BCUT2D eigenvalue weighted by Gasteiger charge is -2.36. The maximum atomic E-state index is 13.6. The number of fused-ring (bicyclic) bond motifs is 1. The van der Waals surface area contributed by atoms with Crippen molar-refractivity contribution in [3.63, 3.8) is 0 Å². The van der Waals surface area contributed by atoms with Crippen LogP contribution in [0, 0.1) is 23.2 Å². The van der Waals surface area contributed by atoms with Crippen LogP contribution in [0.3, 0.4) is 0 Å². The van der Waals surface area contributed by atoms with Crippen LogP contribution in [0.4, 0.5) is 4.79 Å². The monoisotopic (exact) mass is 506 g/mol. The highest BCUT2D eigenvalue weighted by Gasteiger charge is 2.69.